The molecule has 7 nitrogen and oxygen atoms in total. The molecule has 0 bridgehead atoms. The third-order valence-electron chi connectivity index (χ3n) is 11.9. The first-order valence-electron chi connectivity index (χ1n) is 15.7. The summed E-state index contributed by atoms with van der Waals surface area (Å²) >= 11 is 0. The summed E-state index contributed by atoms with van der Waals surface area (Å²) in [6.07, 6.45) is 9.06. The highest BCUT2D eigenvalue weighted by Crippen LogP contribution is 2.67. The summed E-state index contributed by atoms with van der Waals surface area (Å²) in [4.78, 5) is 41.1. The highest BCUT2D eigenvalue weighted by Gasteiger charge is 2.68. The Balaban J connectivity index is 1.14. The number of piperidine rings is 1. The van der Waals surface area contributed by atoms with Gasteiger partial charge >= 0.3 is 5.97 Å². The molecule has 5 aliphatic rings. The van der Waals surface area contributed by atoms with Crippen LogP contribution < -0.4 is 0 Å². The number of Topliss-reactive ketones (excluding diaryl/α,β-unsaturated/α-hetero) is 1. The Morgan fingerprint density at radius 2 is 1.85 bits per heavy atom. The molecule has 0 amide bonds. The van der Waals surface area contributed by atoms with E-state index >= 15 is 0 Å². The van der Waals surface area contributed by atoms with Crippen LogP contribution in [0.5, 0.6) is 0 Å². The Morgan fingerprint density at radius 1 is 1.07 bits per heavy atom. The Hall–Kier alpha value is -2.35. The average molecular weight is 564 g/mol. The predicted octanol–water partition coefficient (Wildman–Crippen LogP) is 4.63. The van der Waals surface area contributed by atoms with E-state index in [0.717, 1.165) is 50.0 Å². The normalized spacial score (nSPS) is 38.8. The highest BCUT2D eigenvalue weighted by atomic mass is 16.5. The van der Waals surface area contributed by atoms with Crippen molar-refractivity contribution in [2.75, 3.05) is 19.7 Å². The summed E-state index contributed by atoms with van der Waals surface area (Å²) in [7, 11) is 0. The Labute approximate surface area is 243 Å². The Morgan fingerprint density at radius 3 is 2.63 bits per heavy atom. The number of aliphatic hydroxyl groups is 2. The quantitative estimate of drug-likeness (QED) is 0.486. The minimum Gasteiger partial charge on any atom is -0.454 e. The summed E-state index contributed by atoms with van der Waals surface area (Å²) in [6, 6.07) is 7.40. The van der Waals surface area contributed by atoms with E-state index in [2.05, 4.69) is 11.8 Å². The summed E-state index contributed by atoms with van der Waals surface area (Å²) in [6.45, 7) is 6.58. The molecule has 7 atom stereocenters. The van der Waals surface area contributed by atoms with E-state index in [1.807, 2.05) is 31.2 Å². The van der Waals surface area contributed by atoms with Crippen molar-refractivity contribution in [3.05, 3.63) is 47.0 Å². The zero-order valence-corrected chi connectivity index (χ0v) is 24.6. The number of benzene rings is 1. The lowest BCUT2D eigenvalue weighted by molar-refractivity contribution is -0.182. The number of hydrogen-bond acceptors (Lipinski definition) is 7. The van der Waals surface area contributed by atoms with Gasteiger partial charge in [0.2, 0.25) is 5.78 Å². The van der Waals surface area contributed by atoms with Gasteiger partial charge in [-0.2, -0.15) is 0 Å². The third-order valence-corrected chi connectivity index (χ3v) is 11.9. The van der Waals surface area contributed by atoms with Crippen molar-refractivity contribution in [2.24, 2.45) is 28.6 Å². The number of nitrogens with zero attached hydrogens (tertiary/aromatic N) is 1. The van der Waals surface area contributed by atoms with E-state index in [0.29, 0.717) is 31.2 Å². The molecule has 6 rings (SSSR count). The third kappa shape index (κ3) is 4.82. The number of esters is 1. The molecule has 4 fully saturated rings. The van der Waals surface area contributed by atoms with Gasteiger partial charge in [0, 0.05) is 18.4 Å². The van der Waals surface area contributed by atoms with Gasteiger partial charge in [-0.3, -0.25) is 14.5 Å². The van der Waals surface area contributed by atoms with Crippen molar-refractivity contribution in [1.29, 1.82) is 0 Å². The van der Waals surface area contributed by atoms with Crippen LogP contribution in [0.15, 0.2) is 35.9 Å². The van der Waals surface area contributed by atoms with E-state index < -0.39 is 35.5 Å². The fraction of sp³-hybridized carbons (Fsp3) is 0.676. The van der Waals surface area contributed by atoms with E-state index in [-0.39, 0.29) is 29.0 Å². The van der Waals surface area contributed by atoms with Crippen LogP contribution >= 0.6 is 0 Å². The molecule has 7 heteroatoms. The van der Waals surface area contributed by atoms with Crippen LogP contribution in [-0.4, -0.2) is 64.1 Å². The number of ether oxygens (including phenoxy) is 1. The number of hydrogen-bond donors (Lipinski definition) is 2. The average Bonchev–Trinajstić information content (AvgIpc) is 3.23. The van der Waals surface area contributed by atoms with Crippen molar-refractivity contribution in [2.45, 2.75) is 96.3 Å². The molecule has 0 spiro atoms. The number of aliphatic hydroxyl groups excluding tert-OH is 1. The van der Waals surface area contributed by atoms with E-state index in [1.165, 1.54) is 19.3 Å². The van der Waals surface area contributed by atoms with Crippen LogP contribution in [0.4, 0.5) is 0 Å². The first-order chi connectivity index (χ1) is 19.5. The minimum atomic E-state index is -1.65. The maximum Gasteiger partial charge on any atom is 0.338 e. The number of carbonyl (C=O) groups is 3. The molecule has 2 N–H and O–H groups in total. The smallest absolute Gasteiger partial charge is 0.338 e. The van der Waals surface area contributed by atoms with Gasteiger partial charge in [0.15, 0.2) is 12.4 Å². The topological polar surface area (TPSA) is 104 Å². The molecule has 1 heterocycles. The molecule has 222 valence electrons. The maximum atomic E-state index is 13.6. The Bertz CT molecular complexity index is 1250. The largest absolute Gasteiger partial charge is 0.454 e. The zero-order valence-electron chi connectivity index (χ0n) is 24.6. The molecule has 41 heavy (non-hydrogen) atoms. The second kappa shape index (κ2) is 10.7. The number of allylic oxidation sites excluding steroid dienone is 1. The second-order valence-electron chi connectivity index (χ2n) is 14.0. The van der Waals surface area contributed by atoms with Crippen LogP contribution in [-0.2, 0) is 20.9 Å². The molecule has 0 aromatic heterocycles. The van der Waals surface area contributed by atoms with Crippen molar-refractivity contribution in [3.63, 3.8) is 0 Å². The Kier molecular flexibility index (Phi) is 7.53. The lowest BCUT2D eigenvalue weighted by atomic mass is 9.45. The lowest BCUT2D eigenvalue weighted by Gasteiger charge is -2.60. The zero-order chi connectivity index (χ0) is 29.0. The summed E-state index contributed by atoms with van der Waals surface area (Å²) in [5, 5.41) is 23.5. The van der Waals surface area contributed by atoms with Crippen molar-refractivity contribution in [1.82, 2.24) is 4.90 Å². The first-order valence-corrected chi connectivity index (χ1v) is 15.7. The summed E-state index contributed by atoms with van der Waals surface area (Å²) in [5.74, 6) is -0.584. The maximum absolute atomic E-state index is 13.6. The SMILES string of the molecule is C[C@]12CCC(=O)C=C1CC[C@@H]1[C@@H]2[C@@H](O)C[C@@]2(C)[C@H]1CC[C@]2(O)C(=O)COC(=O)c1cccc(CN2CCCCC2)c1. The molecule has 3 saturated carbocycles. The minimum absolute atomic E-state index is 0.0150. The highest BCUT2D eigenvalue weighted by molar-refractivity contribution is 5.94. The molecule has 1 saturated heterocycles. The number of likely N-dealkylation sites (tertiary alicyclic amines) is 1. The van der Waals surface area contributed by atoms with Gasteiger partial charge in [-0.1, -0.05) is 38.0 Å². The van der Waals surface area contributed by atoms with Gasteiger partial charge in [-0.15, -0.1) is 0 Å². The summed E-state index contributed by atoms with van der Waals surface area (Å²) in [5.41, 5.74) is -0.0532. The van der Waals surface area contributed by atoms with Gasteiger partial charge in [0.25, 0.3) is 0 Å². The molecular weight excluding hydrogens is 518 g/mol. The fourth-order valence-corrected chi connectivity index (χ4v) is 9.66. The summed E-state index contributed by atoms with van der Waals surface area (Å²) < 4.78 is 5.50. The molecule has 1 aliphatic heterocycles. The molecule has 4 aliphatic carbocycles. The van der Waals surface area contributed by atoms with Gasteiger partial charge in [0.05, 0.1) is 11.7 Å². The monoisotopic (exact) mass is 563 g/mol. The van der Waals surface area contributed by atoms with Gasteiger partial charge < -0.3 is 14.9 Å². The van der Waals surface area contributed by atoms with Crippen LogP contribution in [0.25, 0.3) is 0 Å². The standard InChI is InChI=1S/C34H45NO6/c1-32-13-11-25(36)18-24(32)9-10-26-27-12-14-34(40,33(27,2)19-28(37)30(26)32)29(38)21-41-31(39)23-8-6-7-22(17-23)20-35-15-4-3-5-16-35/h6-8,17-18,26-28,30,37,40H,3-5,9-16,19-21H2,1-2H3/t26-,27-,28-,30+,32-,33-,34-/m0/s1. The molecule has 1 aromatic rings. The second-order valence-corrected chi connectivity index (χ2v) is 14.0. The van der Waals surface area contributed by atoms with Gasteiger partial charge in [-0.25, -0.2) is 4.79 Å². The van der Waals surface area contributed by atoms with E-state index in [9.17, 15) is 24.6 Å². The van der Waals surface area contributed by atoms with Crippen molar-refractivity contribution >= 4 is 17.5 Å². The van der Waals surface area contributed by atoms with Crippen LogP contribution in [0, 0.1) is 28.6 Å². The molecular formula is C34H45NO6. The van der Waals surface area contributed by atoms with Crippen LogP contribution in [0.1, 0.15) is 94.0 Å². The van der Waals surface area contributed by atoms with Crippen molar-refractivity contribution in [3.8, 4) is 0 Å². The van der Waals surface area contributed by atoms with Gasteiger partial charge in [-0.05, 0) is 111 Å². The van der Waals surface area contributed by atoms with Gasteiger partial charge in [0.1, 0.15) is 5.60 Å². The number of rotatable bonds is 6. The van der Waals surface area contributed by atoms with Crippen LogP contribution in [0.2, 0.25) is 0 Å². The van der Waals surface area contributed by atoms with Crippen molar-refractivity contribution < 1.29 is 29.3 Å². The fourth-order valence-electron chi connectivity index (χ4n) is 9.66. The number of ketones is 2. The first kappa shape index (κ1) is 28.8. The van der Waals surface area contributed by atoms with Crippen LogP contribution in [0.3, 0.4) is 0 Å². The lowest BCUT2D eigenvalue weighted by Crippen LogP contribution is -2.62. The molecule has 0 radical (unpaired) electrons. The van der Waals surface area contributed by atoms with E-state index in [4.69, 9.17) is 4.74 Å². The number of carbonyl (C=O) groups excluding carboxylic acids is 3. The number of fused-ring (bicyclic) bond motifs is 5. The van der Waals surface area contributed by atoms with E-state index in [1.54, 1.807) is 6.07 Å². The molecule has 1 aromatic carbocycles. The molecule has 0 unspecified atom stereocenters. The predicted molar refractivity (Wildman–Crippen MR) is 154 cm³/mol.